The number of para-hydroxylation sites is 1. The molecule has 4 atom stereocenters. The van der Waals surface area contributed by atoms with Crippen molar-refractivity contribution in [3.63, 3.8) is 0 Å². The van der Waals surface area contributed by atoms with E-state index in [4.69, 9.17) is 4.74 Å². The first-order chi connectivity index (χ1) is 9.46. The first-order valence-corrected chi connectivity index (χ1v) is 6.80. The second-order valence-corrected chi connectivity index (χ2v) is 6.11. The van der Waals surface area contributed by atoms with Gasteiger partial charge in [-0.05, 0) is 26.0 Å². The van der Waals surface area contributed by atoms with Crippen molar-refractivity contribution in [3.05, 3.63) is 42.5 Å². The minimum absolute atomic E-state index is 0.151. The Morgan fingerprint density at radius 1 is 0.950 bits per heavy atom. The summed E-state index contributed by atoms with van der Waals surface area (Å²) in [5.41, 5.74) is -0.672. The molecule has 0 aliphatic carbocycles. The van der Waals surface area contributed by atoms with Crippen LogP contribution in [-0.2, 0) is 14.3 Å². The summed E-state index contributed by atoms with van der Waals surface area (Å²) in [5, 5.41) is 0. The molecule has 0 spiro atoms. The Morgan fingerprint density at radius 3 is 1.95 bits per heavy atom. The summed E-state index contributed by atoms with van der Waals surface area (Å²) in [6.45, 7) is 3.78. The Kier molecular flexibility index (Phi) is 2.01. The molecule has 2 bridgehead atoms. The monoisotopic (exact) mass is 269 g/mol. The zero-order valence-electron chi connectivity index (χ0n) is 11.4. The van der Waals surface area contributed by atoms with Crippen LogP contribution < -0.4 is 4.90 Å². The highest BCUT2D eigenvalue weighted by atomic mass is 16.5. The number of nitrogens with zero attached hydrogens (tertiary/aromatic N) is 1. The highest BCUT2D eigenvalue weighted by molar-refractivity contribution is 6.23. The van der Waals surface area contributed by atoms with Gasteiger partial charge in [-0.15, -0.1) is 0 Å². The van der Waals surface area contributed by atoms with Gasteiger partial charge in [0.15, 0.2) is 0 Å². The molecule has 2 saturated heterocycles. The van der Waals surface area contributed by atoms with Crippen molar-refractivity contribution in [1.82, 2.24) is 0 Å². The van der Waals surface area contributed by atoms with E-state index in [2.05, 4.69) is 0 Å². The molecule has 3 aliphatic rings. The Balaban J connectivity index is 1.83. The smallest absolute Gasteiger partial charge is 0.241 e. The maximum atomic E-state index is 12.7. The van der Waals surface area contributed by atoms with E-state index in [1.165, 1.54) is 4.90 Å². The fraction of sp³-hybridized carbons (Fsp3) is 0.375. The summed E-state index contributed by atoms with van der Waals surface area (Å²) in [6.07, 6.45) is 3.85. The van der Waals surface area contributed by atoms with E-state index >= 15 is 0 Å². The largest absolute Gasteiger partial charge is 0.359 e. The van der Waals surface area contributed by atoms with Gasteiger partial charge in [-0.2, -0.15) is 0 Å². The molecule has 1 aromatic carbocycles. The molecule has 0 radical (unpaired) electrons. The molecule has 102 valence electrons. The molecule has 0 unspecified atom stereocenters. The normalized spacial score (nSPS) is 41.6. The zero-order chi connectivity index (χ0) is 14.1. The van der Waals surface area contributed by atoms with Crippen molar-refractivity contribution in [2.75, 3.05) is 4.90 Å². The minimum Gasteiger partial charge on any atom is -0.359 e. The number of hydrogen-bond donors (Lipinski definition) is 0. The number of fused-ring (bicyclic) bond motifs is 5. The SMILES string of the molecule is C[C@]12C=C[C@@](C)(O1)[C@H]1C(=O)N(c3ccccc3)C(=O)[C@@H]12. The fourth-order valence-electron chi connectivity index (χ4n) is 3.86. The average Bonchev–Trinajstić information content (AvgIpc) is 2.96. The molecule has 0 N–H and O–H groups in total. The molecule has 1 aromatic rings. The van der Waals surface area contributed by atoms with E-state index in [1.54, 1.807) is 12.1 Å². The number of benzene rings is 1. The molecule has 4 nitrogen and oxygen atoms in total. The molecule has 2 fully saturated rings. The number of carbonyl (C=O) groups excluding carboxylic acids is 2. The number of imide groups is 1. The van der Waals surface area contributed by atoms with Crippen LogP contribution in [-0.4, -0.2) is 23.0 Å². The lowest BCUT2D eigenvalue weighted by molar-refractivity contribution is -0.128. The van der Waals surface area contributed by atoms with Crippen molar-refractivity contribution in [2.24, 2.45) is 11.8 Å². The van der Waals surface area contributed by atoms with Gasteiger partial charge in [0.1, 0.15) is 0 Å². The van der Waals surface area contributed by atoms with Gasteiger partial charge < -0.3 is 4.74 Å². The number of rotatable bonds is 1. The van der Waals surface area contributed by atoms with E-state index < -0.39 is 23.0 Å². The van der Waals surface area contributed by atoms with E-state index in [0.717, 1.165) is 0 Å². The average molecular weight is 269 g/mol. The molecular formula is C16H15NO3. The Labute approximate surface area is 117 Å². The number of amides is 2. The number of ether oxygens (including phenoxy) is 1. The van der Waals surface area contributed by atoms with Crippen LogP contribution in [0.25, 0.3) is 0 Å². The third-order valence-corrected chi connectivity index (χ3v) is 4.74. The van der Waals surface area contributed by atoms with Crippen LogP contribution in [0.4, 0.5) is 5.69 Å². The van der Waals surface area contributed by atoms with Gasteiger partial charge in [-0.1, -0.05) is 30.4 Å². The van der Waals surface area contributed by atoms with Gasteiger partial charge >= 0.3 is 0 Å². The van der Waals surface area contributed by atoms with E-state index in [1.807, 2.05) is 44.2 Å². The standard InChI is InChI=1S/C16H15NO3/c1-15-8-9-16(2,20-15)12-11(15)13(18)17(14(12)19)10-6-4-3-5-7-10/h3-9,11-12H,1-2H3/t11-,12-,15-,16-/m1/s1. The van der Waals surface area contributed by atoms with Crippen molar-refractivity contribution >= 4 is 17.5 Å². The van der Waals surface area contributed by atoms with Crippen molar-refractivity contribution in [3.8, 4) is 0 Å². The zero-order valence-corrected chi connectivity index (χ0v) is 11.4. The summed E-state index contributed by atoms with van der Waals surface area (Å²) < 4.78 is 5.96. The summed E-state index contributed by atoms with van der Waals surface area (Å²) in [7, 11) is 0. The molecule has 0 saturated carbocycles. The lowest BCUT2D eigenvalue weighted by atomic mass is 9.73. The quantitative estimate of drug-likeness (QED) is 0.578. The third-order valence-electron chi connectivity index (χ3n) is 4.74. The summed E-state index contributed by atoms with van der Waals surface area (Å²) in [4.78, 5) is 26.8. The van der Waals surface area contributed by atoms with Crippen LogP contribution >= 0.6 is 0 Å². The molecule has 4 heteroatoms. The van der Waals surface area contributed by atoms with Crippen LogP contribution in [0.15, 0.2) is 42.5 Å². The van der Waals surface area contributed by atoms with E-state index in [9.17, 15) is 9.59 Å². The Bertz CT molecular complexity index is 617. The fourth-order valence-corrected chi connectivity index (χ4v) is 3.86. The maximum absolute atomic E-state index is 12.7. The van der Waals surface area contributed by atoms with Gasteiger partial charge in [-0.3, -0.25) is 9.59 Å². The molecule has 3 aliphatic heterocycles. The van der Waals surface area contributed by atoms with E-state index in [-0.39, 0.29) is 11.8 Å². The summed E-state index contributed by atoms with van der Waals surface area (Å²) in [5.74, 6) is -1.13. The second kappa shape index (κ2) is 3.38. The van der Waals surface area contributed by atoms with Crippen molar-refractivity contribution < 1.29 is 14.3 Å². The molecule has 2 amide bonds. The first-order valence-electron chi connectivity index (χ1n) is 6.80. The third kappa shape index (κ3) is 1.20. The predicted octanol–water partition coefficient (Wildman–Crippen LogP) is 1.91. The summed E-state index contributed by atoms with van der Waals surface area (Å²) in [6, 6.07) is 9.11. The molecule has 3 heterocycles. The molecular weight excluding hydrogens is 254 g/mol. The van der Waals surface area contributed by atoms with Crippen LogP contribution in [0.2, 0.25) is 0 Å². The predicted molar refractivity (Wildman–Crippen MR) is 73.0 cm³/mol. The van der Waals surface area contributed by atoms with Crippen LogP contribution in [0.3, 0.4) is 0 Å². The highest BCUT2D eigenvalue weighted by Gasteiger charge is 2.70. The summed E-state index contributed by atoms with van der Waals surface area (Å²) >= 11 is 0. The topological polar surface area (TPSA) is 46.6 Å². The van der Waals surface area contributed by atoms with Gasteiger partial charge in [0.25, 0.3) is 0 Å². The van der Waals surface area contributed by atoms with E-state index in [0.29, 0.717) is 5.69 Å². The number of anilines is 1. The Hall–Kier alpha value is -1.94. The van der Waals surface area contributed by atoms with Gasteiger partial charge in [0, 0.05) is 0 Å². The van der Waals surface area contributed by atoms with Crippen LogP contribution in [0, 0.1) is 11.8 Å². The number of hydrogen-bond acceptors (Lipinski definition) is 3. The first kappa shape index (κ1) is 11.9. The van der Waals surface area contributed by atoms with Crippen molar-refractivity contribution in [2.45, 2.75) is 25.0 Å². The minimum atomic E-state index is -0.657. The molecule has 4 rings (SSSR count). The lowest BCUT2D eigenvalue weighted by Gasteiger charge is -2.25. The second-order valence-electron chi connectivity index (χ2n) is 6.11. The Morgan fingerprint density at radius 2 is 1.45 bits per heavy atom. The lowest BCUT2D eigenvalue weighted by Crippen LogP contribution is -2.39. The number of carbonyl (C=O) groups is 2. The van der Waals surface area contributed by atoms with Crippen molar-refractivity contribution in [1.29, 1.82) is 0 Å². The van der Waals surface area contributed by atoms with Crippen LogP contribution in [0.1, 0.15) is 13.8 Å². The molecule has 20 heavy (non-hydrogen) atoms. The van der Waals surface area contributed by atoms with Crippen LogP contribution in [0.5, 0.6) is 0 Å². The van der Waals surface area contributed by atoms with Gasteiger partial charge in [0.05, 0.1) is 28.7 Å². The van der Waals surface area contributed by atoms with Gasteiger partial charge in [0.2, 0.25) is 11.8 Å². The maximum Gasteiger partial charge on any atom is 0.241 e. The highest BCUT2D eigenvalue weighted by Crippen LogP contribution is 2.57. The van der Waals surface area contributed by atoms with Gasteiger partial charge in [-0.25, -0.2) is 4.90 Å². The molecule has 0 aromatic heterocycles.